The van der Waals surface area contributed by atoms with E-state index in [9.17, 15) is 33.0 Å². The average Bonchev–Trinajstić information content (AvgIpc) is 2.88. The lowest BCUT2D eigenvalue weighted by Crippen LogP contribution is -2.61. The Morgan fingerprint density at radius 1 is 1.36 bits per heavy atom. The molecule has 3 N–H and O–H groups in total. The number of piperidine rings is 1. The number of aliphatic carboxylic acids is 1. The Morgan fingerprint density at radius 3 is 2.36 bits per heavy atom. The molecule has 0 bridgehead atoms. The second-order valence-electron chi connectivity index (χ2n) is 7.28. The number of ether oxygens (including phenoxy) is 1. The molecule has 25 heavy (non-hydrogen) atoms. The van der Waals surface area contributed by atoms with Crippen LogP contribution in [-0.4, -0.2) is 71.2 Å². The maximum Gasteiger partial charge on any atom is 0.471 e. The van der Waals surface area contributed by atoms with Gasteiger partial charge in [0.1, 0.15) is 12.3 Å². The number of halogens is 3. The fourth-order valence-electron chi connectivity index (χ4n) is 3.90. The van der Waals surface area contributed by atoms with Crippen molar-refractivity contribution in [3.63, 3.8) is 0 Å². The van der Waals surface area contributed by atoms with Gasteiger partial charge in [-0.2, -0.15) is 13.2 Å². The summed E-state index contributed by atoms with van der Waals surface area (Å²) in [5.41, 5.74) is -0.198. The Hall–Kier alpha value is -1.39. The highest BCUT2D eigenvalue weighted by atomic mass is 19.4. The van der Waals surface area contributed by atoms with Gasteiger partial charge >= 0.3 is 18.1 Å². The van der Waals surface area contributed by atoms with E-state index < -0.39 is 42.5 Å². The predicted octanol–water partition coefficient (Wildman–Crippen LogP) is 0.428. The molecule has 2 rings (SSSR count). The second kappa shape index (κ2) is 6.40. The van der Waals surface area contributed by atoms with Gasteiger partial charge in [-0.25, -0.2) is 0 Å². The lowest BCUT2D eigenvalue weighted by molar-refractivity contribution is -0.179. The van der Waals surface area contributed by atoms with Crippen molar-refractivity contribution in [2.75, 3.05) is 13.7 Å². The molecule has 6 atom stereocenters. The number of alkyl halides is 3. The molecule has 2 aliphatic rings. The zero-order valence-electron chi connectivity index (χ0n) is 14.4. The fourth-order valence-corrected chi connectivity index (χ4v) is 3.90. The number of carboxylic acid groups (broad SMARTS) is 1. The highest BCUT2D eigenvalue weighted by Crippen LogP contribution is 2.65. The summed E-state index contributed by atoms with van der Waals surface area (Å²) in [5.74, 6) is -3.53. The summed E-state index contributed by atoms with van der Waals surface area (Å²) in [7, 11) is 1.23. The Bertz CT molecular complexity index is 554. The molecule has 7 nitrogen and oxygen atoms in total. The van der Waals surface area contributed by atoms with Gasteiger partial charge in [0.25, 0.3) is 0 Å². The Labute approximate surface area is 143 Å². The van der Waals surface area contributed by atoms with Crippen molar-refractivity contribution < 1.29 is 37.7 Å². The van der Waals surface area contributed by atoms with Crippen LogP contribution in [-0.2, 0) is 14.3 Å². The van der Waals surface area contributed by atoms with Crippen LogP contribution in [0.2, 0.25) is 0 Å². The smallest absolute Gasteiger partial charge is 0.471 e. The van der Waals surface area contributed by atoms with Gasteiger partial charge in [-0.3, -0.25) is 14.5 Å². The number of hydrogen-bond donors (Lipinski definition) is 3. The number of aliphatic hydroxyl groups excluding tert-OH is 1. The van der Waals surface area contributed by atoms with E-state index in [0.717, 1.165) is 0 Å². The number of fused-ring (bicyclic) bond motifs is 1. The third-order valence-electron chi connectivity index (χ3n) is 5.59. The number of nitrogens with zero attached hydrogens (tertiary/aromatic N) is 1. The second-order valence-corrected chi connectivity index (χ2v) is 7.28. The highest BCUT2D eigenvalue weighted by Gasteiger charge is 2.69. The van der Waals surface area contributed by atoms with E-state index in [1.54, 1.807) is 5.32 Å². The maximum absolute atomic E-state index is 12.6. The van der Waals surface area contributed by atoms with E-state index in [1.165, 1.54) is 18.9 Å². The number of carbonyl (C=O) groups is 2. The topological polar surface area (TPSA) is 99.1 Å². The van der Waals surface area contributed by atoms with Crippen LogP contribution in [0.4, 0.5) is 13.2 Å². The summed E-state index contributed by atoms with van der Waals surface area (Å²) in [5, 5.41) is 21.8. The van der Waals surface area contributed by atoms with Gasteiger partial charge in [0, 0.05) is 13.7 Å². The first-order valence-electron chi connectivity index (χ1n) is 7.91. The third-order valence-corrected chi connectivity index (χ3v) is 5.59. The largest absolute Gasteiger partial charge is 0.480 e. The van der Waals surface area contributed by atoms with Crippen LogP contribution in [0.1, 0.15) is 20.8 Å². The monoisotopic (exact) mass is 368 g/mol. The molecule has 0 aromatic rings. The SMILES string of the molecule is CO[C@H](C)[C@H](NC(=O)C(F)(F)F)C(O)N1C[C@H]2C([C@H]1C(=O)O)C2(C)C. The Kier molecular flexibility index (Phi) is 5.10. The standard InChI is InChI=1S/C15H23F3N2O5/c1-6(25-4)9(19-13(24)15(16,17)18)11(21)20-5-7-8(14(7,2)3)10(20)12(22)23/h6-11,21H,5H2,1-4H3,(H,19,24)(H,22,23)/t6-,7+,8?,9+,10+,11?/m1/s1. The number of rotatable bonds is 6. The van der Waals surface area contributed by atoms with Gasteiger partial charge < -0.3 is 20.3 Å². The minimum atomic E-state index is -5.12. The number of carboxylic acids is 1. The predicted molar refractivity (Wildman–Crippen MR) is 79.4 cm³/mol. The van der Waals surface area contributed by atoms with Crippen molar-refractivity contribution >= 4 is 11.9 Å². The number of methoxy groups -OCH3 is 1. The van der Waals surface area contributed by atoms with Crippen molar-refractivity contribution in [3.8, 4) is 0 Å². The molecule has 0 aromatic heterocycles. The first-order chi connectivity index (χ1) is 11.3. The van der Waals surface area contributed by atoms with Gasteiger partial charge in [-0.15, -0.1) is 0 Å². The lowest BCUT2D eigenvalue weighted by Gasteiger charge is -2.38. The normalized spacial score (nSPS) is 31.8. The number of likely N-dealkylation sites (tertiary alicyclic amines) is 1. The zero-order valence-corrected chi connectivity index (χ0v) is 14.4. The zero-order chi connectivity index (χ0) is 19.3. The fraction of sp³-hybridized carbons (Fsp3) is 0.867. The Balaban J connectivity index is 2.20. The van der Waals surface area contributed by atoms with Crippen LogP contribution in [0.3, 0.4) is 0 Å². The molecule has 10 heteroatoms. The van der Waals surface area contributed by atoms with Crippen LogP contribution in [0.5, 0.6) is 0 Å². The summed E-state index contributed by atoms with van der Waals surface area (Å²) >= 11 is 0. The maximum atomic E-state index is 12.6. The number of aliphatic hydroxyl groups is 1. The summed E-state index contributed by atoms with van der Waals surface area (Å²) in [4.78, 5) is 24.1. The van der Waals surface area contributed by atoms with E-state index in [0.29, 0.717) is 0 Å². The van der Waals surface area contributed by atoms with Gasteiger partial charge in [-0.05, 0) is 24.2 Å². The lowest BCUT2D eigenvalue weighted by atomic mass is 9.99. The molecule has 144 valence electrons. The van der Waals surface area contributed by atoms with Gasteiger partial charge in [0.15, 0.2) is 0 Å². The molecule has 1 heterocycles. The van der Waals surface area contributed by atoms with Gasteiger partial charge in [0.05, 0.1) is 12.1 Å². The van der Waals surface area contributed by atoms with E-state index >= 15 is 0 Å². The van der Waals surface area contributed by atoms with Crippen LogP contribution >= 0.6 is 0 Å². The number of amides is 1. The molecular weight excluding hydrogens is 345 g/mol. The molecule has 2 unspecified atom stereocenters. The molecule has 0 radical (unpaired) electrons. The van der Waals surface area contributed by atoms with Gasteiger partial charge in [-0.1, -0.05) is 13.8 Å². The number of hydrogen-bond acceptors (Lipinski definition) is 5. The summed E-state index contributed by atoms with van der Waals surface area (Å²) < 4.78 is 42.6. The third kappa shape index (κ3) is 3.47. The summed E-state index contributed by atoms with van der Waals surface area (Å²) in [6.07, 6.45) is -7.70. The molecule has 1 aliphatic carbocycles. The minimum Gasteiger partial charge on any atom is -0.480 e. The molecule has 0 spiro atoms. The van der Waals surface area contributed by atoms with Crippen molar-refractivity contribution in [2.24, 2.45) is 17.3 Å². The Morgan fingerprint density at radius 2 is 1.92 bits per heavy atom. The molecule has 1 saturated heterocycles. The first-order valence-corrected chi connectivity index (χ1v) is 7.91. The average molecular weight is 368 g/mol. The summed E-state index contributed by atoms with van der Waals surface area (Å²) in [6.45, 7) is 5.46. The van der Waals surface area contributed by atoms with E-state index in [4.69, 9.17) is 4.74 Å². The van der Waals surface area contributed by atoms with Crippen molar-refractivity contribution in [1.82, 2.24) is 10.2 Å². The molecule has 0 aromatic carbocycles. The van der Waals surface area contributed by atoms with Crippen molar-refractivity contribution in [3.05, 3.63) is 0 Å². The van der Waals surface area contributed by atoms with Crippen molar-refractivity contribution in [2.45, 2.75) is 51.4 Å². The van der Waals surface area contributed by atoms with Gasteiger partial charge in [0.2, 0.25) is 0 Å². The van der Waals surface area contributed by atoms with Crippen LogP contribution < -0.4 is 5.32 Å². The molecule has 1 amide bonds. The highest BCUT2D eigenvalue weighted by molar-refractivity contribution is 5.82. The number of nitrogens with one attached hydrogen (secondary N) is 1. The molecule has 2 fully saturated rings. The quantitative estimate of drug-likeness (QED) is 0.629. The van der Waals surface area contributed by atoms with Crippen LogP contribution in [0.15, 0.2) is 0 Å². The number of carbonyl (C=O) groups excluding carboxylic acids is 1. The minimum absolute atomic E-state index is 0.0278. The molecular formula is C15H23F3N2O5. The first kappa shape index (κ1) is 19.9. The van der Waals surface area contributed by atoms with Crippen molar-refractivity contribution in [1.29, 1.82) is 0 Å². The summed E-state index contributed by atoms with van der Waals surface area (Å²) in [6, 6.07) is -2.45. The molecule has 1 aliphatic heterocycles. The van der Waals surface area contributed by atoms with E-state index in [2.05, 4.69) is 0 Å². The van der Waals surface area contributed by atoms with Crippen LogP contribution in [0, 0.1) is 17.3 Å². The van der Waals surface area contributed by atoms with Crippen LogP contribution in [0.25, 0.3) is 0 Å². The van der Waals surface area contributed by atoms with E-state index in [1.807, 2.05) is 13.8 Å². The van der Waals surface area contributed by atoms with E-state index in [-0.39, 0.29) is 23.8 Å². The molecule has 1 saturated carbocycles.